The lowest BCUT2D eigenvalue weighted by atomic mass is 9.98. The highest BCUT2D eigenvalue weighted by atomic mass is 15.3. The summed E-state index contributed by atoms with van der Waals surface area (Å²) in [5, 5.41) is 9.09. The Kier molecular flexibility index (Phi) is 3.20. The Bertz CT molecular complexity index is 736. The van der Waals surface area contributed by atoms with Crippen LogP contribution in [0.25, 0.3) is 22.2 Å². The lowest BCUT2D eigenvalue weighted by Gasteiger charge is -2.22. The van der Waals surface area contributed by atoms with E-state index in [9.17, 15) is 0 Å². The molecule has 1 saturated heterocycles. The van der Waals surface area contributed by atoms with E-state index in [0.717, 1.165) is 42.1 Å². The zero-order valence-electron chi connectivity index (χ0n) is 11.9. The zero-order valence-corrected chi connectivity index (χ0v) is 11.9. The minimum atomic E-state index is 0.739. The van der Waals surface area contributed by atoms with Gasteiger partial charge in [0.2, 0.25) is 0 Å². The van der Waals surface area contributed by atoms with E-state index in [1.807, 2.05) is 24.7 Å². The Morgan fingerprint density at radius 2 is 2.19 bits per heavy atom. The van der Waals surface area contributed by atoms with Crippen molar-refractivity contribution >= 4 is 11.0 Å². The van der Waals surface area contributed by atoms with Crippen LogP contribution in [0, 0.1) is 5.92 Å². The van der Waals surface area contributed by atoms with Gasteiger partial charge in [-0.3, -0.25) is 4.68 Å². The number of aromatic amines is 1. The molecule has 2 N–H and O–H groups in total. The van der Waals surface area contributed by atoms with E-state index in [1.54, 1.807) is 0 Å². The normalized spacial score (nSPS) is 16.6. The molecule has 21 heavy (non-hydrogen) atoms. The van der Waals surface area contributed by atoms with Crippen molar-refractivity contribution < 1.29 is 0 Å². The van der Waals surface area contributed by atoms with Crippen molar-refractivity contribution in [2.45, 2.75) is 19.4 Å². The monoisotopic (exact) mass is 281 g/mol. The molecule has 5 heteroatoms. The van der Waals surface area contributed by atoms with Gasteiger partial charge in [-0.25, -0.2) is 4.98 Å². The molecular weight excluding hydrogens is 262 g/mol. The maximum atomic E-state index is 4.54. The second kappa shape index (κ2) is 5.33. The van der Waals surface area contributed by atoms with E-state index in [1.165, 1.54) is 18.4 Å². The van der Waals surface area contributed by atoms with Gasteiger partial charge in [-0.1, -0.05) is 0 Å². The summed E-state index contributed by atoms with van der Waals surface area (Å²) < 4.78 is 2.08. The molecule has 0 bridgehead atoms. The van der Waals surface area contributed by atoms with Gasteiger partial charge < -0.3 is 10.3 Å². The van der Waals surface area contributed by atoms with Crippen molar-refractivity contribution in [3.8, 4) is 11.1 Å². The molecule has 1 fully saturated rings. The number of rotatable bonds is 3. The minimum Gasteiger partial charge on any atom is -0.346 e. The highest BCUT2D eigenvalue weighted by molar-refractivity contribution is 5.93. The third-order valence-electron chi connectivity index (χ3n) is 4.30. The fourth-order valence-corrected chi connectivity index (χ4v) is 3.13. The van der Waals surface area contributed by atoms with E-state index in [0.29, 0.717) is 0 Å². The third kappa shape index (κ3) is 2.45. The minimum absolute atomic E-state index is 0.739. The second-order valence-electron chi connectivity index (χ2n) is 5.75. The molecule has 0 saturated carbocycles. The predicted octanol–water partition coefficient (Wildman–Crippen LogP) is 2.43. The van der Waals surface area contributed by atoms with Crippen LogP contribution >= 0.6 is 0 Å². The molecule has 4 heterocycles. The van der Waals surface area contributed by atoms with Gasteiger partial charge in [0.05, 0.1) is 6.20 Å². The Balaban J connectivity index is 1.59. The molecule has 0 spiro atoms. The van der Waals surface area contributed by atoms with E-state index >= 15 is 0 Å². The maximum absolute atomic E-state index is 4.54. The summed E-state index contributed by atoms with van der Waals surface area (Å²) >= 11 is 0. The van der Waals surface area contributed by atoms with Crippen LogP contribution in [-0.4, -0.2) is 32.8 Å². The van der Waals surface area contributed by atoms with Crippen LogP contribution in [0.1, 0.15) is 12.8 Å². The Morgan fingerprint density at radius 1 is 1.29 bits per heavy atom. The number of H-pyrrole nitrogens is 1. The summed E-state index contributed by atoms with van der Waals surface area (Å²) in [5.74, 6) is 0.739. The van der Waals surface area contributed by atoms with E-state index < -0.39 is 0 Å². The highest BCUT2D eigenvalue weighted by Crippen LogP contribution is 2.27. The Labute approximate surface area is 123 Å². The SMILES string of the molecule is c1cnc2[nH]cc(-c3cnn(CC4CCNCC4)c3)c2c1. The maximum Gasteiger partial charge on any atom is 0.137 e. The van der Waals surface area contributed by atoms with Gasteiger partial charge in [0, 0.05) is 41.6 Å². The number of nitrogens with zero attached hydrogens (tertiary/aromatic N) is 3. The molecule has 0 radical (unpaired) electrons. The van der Waals surface area contributed by atoms with Gasteiger partial charge in [0.25, 0.3) is 0 Å². The number of pyridine rings is 1. The molecule has 5 nitrogen and oxygen atoms in total. The molecule has 108 valence electrons. The van der Waals surface area contributed by atoms with Crippen LogP contribution in [0.2, 0.25) is 0 Å². The first kappa shape index (κ1) is 12.6. The molecule has 4 rings (SSSR count). The second-order valence-corrected chi connectivity index (χ2v) is 5.75. The van der Waals surface area contributed by atoms with Crippen molar-refractivity contribution in [1.82, 2.24) is 25.1 Å². The van der Waals surface area contributed by atoms with Gasteiger partial charge in [0.15, 0.2) is 0 Å². The number of aromatic nitrogens is 4. The first-order chi connectivity index (χ1) is 10.4. The quantitative estimate of drug-likeness (QED) is 0.775. The highest BCUT2D eigenvalue weighted by Gasteiger charge is 2.15. The van der Waals surface area contributed by atoms with E-state index in [-0.39, 0.29) is 0 Å². The van der Waals surface area contributed by atoms with Crippen molar-refractivity contribution in [3.63, 3.8) is 0 Å². The number of piperidine rings is 1. The lowest BCUT2D eigenvalue weighted by molar-refractivity contribution is 0.321. The molecule has 3 aromatic rings. The van der Waals surface area contributed by atoms with Crippen LogP contribution < -0.4 is 5.32 Å². The molecule has 0 atom stereocenters. The summed E-state index contributed by atoms with van der Waals surface area (Å²) in [4.78, 5) is 7.56. The molecule has 0 unspecified atom stereocenters. The topological polar surface area (TPSA) is 58.5 Å². The van der Waals surface area contributed by atoms with Gasteiger partial charge in [-0.15, -0.1) is 0 Å². The summed E-state index contributed by atoms with van der Waals surface area (Å²) in [7, 11) is 0. The third-order valence-corrected chi connectivity index (χ3v) is 4.30. The van der Waals surface area contributed by atoms with Crippen molar-refractivity contribution in [2.75, 3.05) is 13.1 Å². The van der Waals surface area contributed by atoms with Crippen molar-refractivity contribution in [2.24, 2.45) is 5.92 Å². The number of nitrogens with one attached hydrogen (secondary N) is 2. The van der Waals surface area contributed by atoms with Crippen LogP contribution in [0.5, 0.6) is 0 Å². The predicted molar refractivity (Wildman–Crippen MR) is 82.9 cm³/mol. The fourth-order valence-electron chi connectivity index (χ4n) is 3.13. The van der Waals surface area contributed by atoms with Gasteiger partial charge in [0.1, 0.15) is 5.65 Å². The summed E-state index contributed by atoms with van der Waals surface area (Å²) in [6.07, 6.45) is 10.4. The number of hydrogen-bond donors (Lipinski definition) is 2. The summed E-state index contributed by atoms with van der Waals surface area (Å²) in [6, 6.07) is 4.07. The lowest BCUT2D eigenvalue weighted by Crippen LogP contribution is -2.29. The van der Waals surface area contributed by atoms with Crippen LogP contribution in [0.4, 0.5) is 0 Å². The smallest absolute Gasteiger partial charge is 0.137 e. The summed E-state index contributed by atoms with van der Waals surface area (Å²) in [6.45, 7) is 3.28. The number of hydrogen-bond acceptors (Lipinski definition) is 3. The number of fused-ring (bicyclic) bond motifs is 1. The molecule has 0 amide bonds. The molecule has 0 aliphatic carbocycles. The molecule has 3 aromatic heterocycles. The molecule has 1 aliphatic rings. The van der Waals surface area contributed by atoms with Crippen molar-refractivity contribution in [3.05, 3.63) is 36.9 Å². The standard InChI is InChI=1S/C16H19N5/c1-2-14-15(9-19-16(14)18-5-1)13-8-20-21(11-13)10-12-3-6-17-7-4-12/h1-2,5,8-9,11-12,17H,3-4,6-7,10H2,(H,18,19). The van der Waals surface area contributed by atoms with Gasteiger partial charge >= 0.3 is 0 Å². The van der Waals surface area contributed by atoms with E-state index in [2.05, 4.69) is 37.3 Å². The largest absolute Gasteiger partial charge is 0.346 e. The average Bonchev–Trinajstić information content (AvgIpc) is 3.14. The first-order valence-corrected chi connectivity index (χ1v) is 7.56. The van der Waals surface area contributed by atoms with E-state index in [4.69, 9.17) is 0 Å². The Morgan fingerprint density at radius 3 is 3.10 bits per heavy atom. The Hall–Kier alpha value is -2.14. The fraction of sp³-hybridized carbons (Fsp3) is 0.375. The van der Waals surface area contributed by atoms with Crippen LogP contribution in [0.3, 0.4) is 0 Å². The van der Waals surface area contributed by atoms with Gasteiger partial charge in [-0.2, -0.15) is 5.10 Å². The zero-order chi connectivity index (χ0) is 14.1. The average molecular weight is 281 g/mol. The van der Waals surface area contributed by atoms with Crippen molar-refractivity contribution in [1.29, 1.82) is 0 Å². The first-order valence-electron chi connectivity index (χ1n) is 7.56. The summed E-state index contributed by atoms with van der Waals surface area (Å²) in [5.41, 5.74) is 3.26. The molecule has 1 aliphatic heterocycles. The molecular formula is C16H19N5. The molecule has 0 aromatic carbocycles. The van der Waals surface area contributed by atoms with Crippen LogP contribution in [0.15, 0.2) is 36.9 Å². The van der Waals surface area contributed by atoms with Gasteiger partial charge in [-0.05, 0) is 44.0 Å². The van der Waals surface area contributed by atoms with Crippen LogP contribution in [-0.2, 0) is 6.54 Å².